The minimum absolute atomic E-state index is 0.0313. The third kappa shape index (κ3) is 6.31. The molecule has 0 atom stereocenters. The van der Waals surface area contributed by atoms with Crippen LogP contribution in [-0.2, 0) is 21.4 Å². The Bertz CT molecular complexity index is 1100. The zero-order valence-corrected chi connectivity index (χ0v) is 17.0. The van der Waals surface area contributed by atoms with E-state index in [0.717, 1.165) is 17.3 Å². The number of hydrogen-bond acceptors (Lipinski definition) is 8. The fraction of sp³-hybridized carbons (Fsp3) is 0.167. The molecule has 9 nitrogen and oxygen atoms in total. The number of aryl methyl sites for hydroxylation is 1. The van der Waals surface area contributed by atoms with Gasteiger partial charge in [-0.25, -0.2) is 13.6 Å². The van der Waals surface area contributed by atoms with E-state index in [-0.39, 0.29) is 28.4 Å². The average Bonchev–Trinajstić information content (AvgIpc) is 3.12. The summed E-state index contributed by atoms with van der Waals surface area (Å²) in [6, 6.07) is 13.1. The number of hydrogen-bond donors (Lipinski definition) is 2. The number of amides is 1. The third-order valence-electron chi connectivity index (χ3n) is 3.59. The minimum atomic E-state index is -3.77. The standard InChI is InChI=1S/C18H18N4O5S2/c1-12-3-2-4-14(9-12)26-10-17-21-22-18(27-17)28-11-16(23)20-13-5-7-15(8-6-13)29(19,24)25/h2-9H,10-11H2,1H3,(H,20,23)(H2,19,24,25). The van der Waals surface area contributed by atoms with E-state index in [1.165, 1.54) is 24.3 Å². The van der Waals surface area contributed by atoms with E-state index in [1.807, 2.05) is 31.2 Å². The summed E-state index contributed by atoms with van der Waals surface area (Å²) in [5.74, 6) is 0.726. The lowest BCUT2D eigenvalue weighted by Crippen LogP contribution is -2.15. The number of primary sulfonamides is 1. The molecule has 2 aromatic carbocycles. The summed E-state index contributed by atoms with van der Waals surface area (Å²) in [5.41, 5.74) is 1.52. The topological polar surface area (TPSA) is 137 Å². The number of nitrogens with zero attached hydrogens (tertiary/aromatic N) is 2. The summed E-state index contributed by atoms with van der Waals surface area (Å²) in [6.45, 7) is 2.09. The lowest BCUT2D eigenvalue weighted by atomic mass is 10.2. The van der Waals surface area contributed by atoms with E-state index >= 15 is 0 Å². The first-order valence-electron chi connectivity index (χ1n) is 8.37. The highest BCUT2D eigenvalue weighted by molar-refractivity contribution is 7.99. The first kappa shape index (κ1) is 20.8. The van der Waals surface area contributed by atoms with Crippen molar-refractivity contribution in [3.63, 3.8) is 0 Å². The predicted molar refractivity (Wildman–Crippen MR) is 107 cm³/mol. The van der Waals surface area contributed by atoms with Gasteiger partial charge in [-0.3, -0.25) is 4.79 Å². The number of sulfonamides is 1. The van der Waals surface area contributed by atoms with Crippen molar-refractivity contribution in [2.24, 2.45) is 5.14 Å². The Morgan fingerprint density at radius 2 is 1.97 bits per heavy atom. The normalized spacial score (nSPS) is 11.2. The van der Waals surface area contributed by atoms with Gasteiger partial charge in [-0.05, 0) is 48.9 Å². The van der Waals surface area contributed by atoms with E-state index in [0.29, 0.717) is 17.3 Å². The molecular formula is C18H18N4O5S2. The van der Waals surface area contributed by atoms with Gasteiger partial charge in [0.2, 0.25) is 15.9 Å². The minimum Gasteiger partial charge on any atom is -0.484 e. The van der Waals surface area contributed by atoms with Crippen LogP contribution in [0, 0.1) is 6.92 Å². The van der Waals surface area contributed by atoms with E-state index in [1.54, 1.807) is 0 Å². The molecule has 3 N–H and O–H groups in total. The molecule has 152 valence electrons. The van der Waals surface area contributed by atoms with E-state index in [9.17, 15) is 13.2 Å². The maximum absolute atomic E-state index is 12.0. The van der Waals surface area contributed by atoms with Crippen LogP contribution in [0.3, 0.4) is 0 Å². The first-order chi connectivity index (χ1) is 13.8. The first-order valence-corrected chi connectivity index (χ1v) is 10.9. The van der Waals surface area contributed by atoms with Crippen LogP contribution in [0.25, 0.3) is 0 Å². The Hall–Kier alpha value is -2.89. The highest BCUT2D eigenvalue weighted by atomic mass is 32.2. The molecule has 0 fully saturated rings. The van der Waals surface area contributed by atoms with Crippen molar-refractivity contribution in [3.05, 3.63) is 60.0 Å². The monoisotopic (exact) mass is 434 g/mol. The molecule has 0 bridgehead atoms. The second kappa shape index (κ2) is 9.07. The van der Waals surface area contributed by atoms with Crippen molar-refractivity contribution >= 4 is 33.4 Å². The number of nitrogens with one attached hydrogen (secondary N) is 1. The summed E-state index contributed by atoms with van der Waals surface area (Å²) in [4.78, 5) is 12.0. The largest absolute Gasteiger partial charge is 0.484 e. The molecular weight excluding hydrogens is 416 g/mol. The Kier molecular flexibility index (Phi) is 6.52. The summed E-state index contributed by atoms with van der Waals surface area (Å²) in [5, 5.41) is 15.7. The van der Waals surface area contributed by atoms with Crippen LogP contribution in [0.5, 0.6) is 5.75 Å². The molecule has 0 radical (unpaired) electrons. The number of ether oxygens (including phenoxy) is 1. The van der Waals surface area contributed by atoms with Gasteiger partial charge in [0.15, 0.2) is 6.61 Å². The van der Waals surface area contributed by atoms with Gasteiger partial charge in [0, 0.05) is 5.69 Å². The Labute approximate surface area is 171 Å². The second-order valence-electron chi connectivity index (χ2n) is 5.97. The summed E-state index contributed by atoms with van der Waals surface area (Å²) < 4.78 is 33.5. The van der Waals surface area contributed by atoms with Crippen LogP contribution >= 0.6 is 11.8 Å². The van der Waals surface area contributed by atoms with Crippen molar-refractivity contribution in [1.82, 2.24) is 10.2 Å². The van der Waals surface area contributed by atoms with E-state index < -0.39 is 10.0 Å². The van der Waals surface area contributed by atoms with Gasteiger partial charge in [0.25, 0.3) is 11.1 Å². The molecule has 0 unspecified atom stereocenters. The van der Waals surface area contributed by atoms with Crippen molar-refractivity contribution in [3.8, 4) is 5.75 Å². The maximum atomic E-state index is 12.0. The van der Waals surface area contributed by atoms with E-state index in [4.69, 9.17) is 14.3 Å². The molecule has 0 aliphatic heterocycles. The zero-order valence-electron chi connectivity index (χ0n) is 15.4. The predicted octanol–water partition coefficient (Wildman–Crippen LogP) is 2.34. The molecule has 0 aliphatic carbocycles. The summed E-state index contributed by atoms with van der Waals surface area (Å²) >= 11 is 1.08. The molecule has 3 aromatic rings. The fourth-order valence-corrected chi connectivity index (χ4v) is 3.35. The number of carbonyl (C=O) groups excluding carboxylic acids is 1. The summed E-state index contributed by atoms with van der Waals surface area (Å²) in [6.07, 6.45) is 0. The van der Waals surface area contributed by atoms with Gasteiger partial charge in [0.05, 0.1) is 10.6 Å². The molecule has 11 heteroatoms. The van der Waals surface area contributed by atoms with Gasteiger partial charge in [-0.1, -0.05) is 23.9 Å². The van der Waals surface area contributed by atoms with Crippen molar-refractivity contribution < 1.29 is 22.4 Å². The lowest BCUT2D eigenvalue weighted by molar-refractivity contribution is -0.113. The number of rotatable bonds is 8. The van der Waals surface area contributed by atoms with Crippen LogP contribution in [0.2, 0.25) is 0 Å². The third-order valence-corrected chi connectivity index (χ3v) is 5.34. The quantitative estimate of drug-likeness (QED) is 0.515. The van der Waals surface area contributed by atoms with Crippen molar-refractivity contribution in [2.45, 2.75) is 23.6 Å². The van der Waals surface area contributed by atoms with Gasteiger partial charge in [0.1, 0.15) is 5.75 Å². The molecule has 0 saturated heterocycles. The zero-order chi connectivity index (χ0) is 20.9. The maximum Gasteiger partial charge on any atom is 0.277 e. The smallest absolute Gasteiger partial charge is 0.277 e. The number of nitrogens with two attached hydrogens (primary N) is 1. The van der Waals surface area contributed by atoms with Crippen molar-refractivity contribution in [2.75, 3.05) is 11.1 Å². The molecule has 1 aromatic heterocycles. The number of aromatic nitrogens is 2. The van der Waals surface area contributed by atoms with Crippen LogP contribution in [0.1, 0.15) is 11.5 Å². The lowest BCUT2D eigenvalue weighted by Gasteiger charge is -2.05. The highest BCUT2D eigenvalue weighted by Crippen LogP contribution is 2.19. The van der Waals surface area contributed by atoms with Crippen LogP contribution in [0.15, 0.2) is 63.1 Å². The molecule has 1 heterocycles. The van der Waals surface area contributed by atoms with Crippen molar-refractivity contribution in [1.29, 1.82) is 0 Å². The van der Waals surface area contributed by atoms with Crippen LogP contribution < -0.4 is 15.2 Å². The van der Waals surface area contributed by atoms with Gasteiger partial charge in [-0.15, -0.1) is 10.2 Å². The molecule has 0 saturated carbocycles. The second-order valence-corrected chi connectivity index (χ2v) is 8.46. The summed E-state index contributed by atoms with van der Waals surface area (Å²) in [7, 11) is -3.77. The number of benzene rings is 2. The van der Waals surface area contributed by atoms with Crippen LogP contribution in [-0.4, -0.2) is 30.3 Å². The number of carbonyl (C=O) groups is 1. The Balaban J connectivity index is 1.47. The fourth-order valence-electron chi connectivity index (χ4n) is 2.26. The van der Waals surface area contributed by atoms with Gasteiger partial charge >= 0.3 is 0 Å². The SMILES string of the molecule is Cc1cccc(OCc2nnc(SCC(=O)Nc3ccc(S(N)(=O)=O)cc3)o2)c1. The molecule has 1 amide bonds. The number of thioether (sulfide) groups is 1. The molecule has 29 heavy (non-hydrogen) atoms. The van der Waals surface area contributed by atoms with Gasteiger partial charge < -0.3 is 14.5 Å². The van der Waals surface area contributed by atoms with Crippen LogP contribution in [0.4, 0.5) is 5.69 Å². The molecule has 0 spiro atoms. The Morgan fingerprint density at radius 1 is 1.21 bits per heavy atom. The molecule has 3 rings (SSSR count). The average molecular weight is 434 g/mol. The van der Waals surface area contributed by atoms with Gasteiger partial charge in [-0.2, -0.15) is 0 Å². The number of anilines is 1. The molecule has 0 aliphatic rings. The van der Waals surface area contributed by atoms with E-state index in [2.05, 4.69) is 15.5 Å². The Morgan fingerprint density at radius 3 is 2.66 bits per heavy atom. The highest BCUT2D eigenvalue weighted by Gasteiger charge is 2.12.